The number of carbonyl (C=O) groups is 1. The van der Waals surface area contributed by atoms with Crippen molar-refractivity contribution >= 4 is 37.5 Å². The molecule has 190 valence electrons. The highest BCUT2D eigenvalue weighted by Gasteiger charge is 2.47. The second kappa shape index (κ2) is 9.43. The topological polar surface area (TPSA) is 79.8 Å². The highest BCUT2D eigenvalue weighted by Crippen LogP contribution is 2.50. The lowest BCUT2D eigenvalue weighted by Crippen LogP contribution is -2.51. The molecule has 1 saturated heterocycles. The van der Waals surface area contributed by atoms with Crippen LogP contribution in [0.5, 0.6) is 5.75 Å². The van der Waals surface area contributed by atoms with Crippen molar-refractivity contribution in [2.45, 2.75) is 62.0 Å². The lowest BCUT2D eigenvalue weighted by atomic mass is 9.93. The number of fused-ring (bicyclic) bond motifs is 2. The number of nitrogens with zero attached hydrogens (tertiary/aromatic N) is 3. The summed E-state index contributed by atoms with van der Waals surface area (Å²) in [4.78, 5) is 20.8. The molecule has 2 saturated carbocycles. The third-order valence-corrected chi connectivity index (χ3v) is 10.9. The Labute approximate surface area is 216 Å². The van der Waals surface area contributed by atoms with Crippen LogP contribution in [0, 0.1) is 11.8 Å². The van der Waals surface area contributed by atoms with Crippen molar-refractivity contribution in [3.05, 3.63) is 53.5 Å². The van der Waals surface area contributed by atoms with Gasteiger partial charge >= 0.3 is 0 Å². The molecule has 2 aliphatic carbocycles. The van der Waals surface area contributed by atoms with Gasteiger partial charge in [0.15, 0.2) is 0 Å². The van der Waals surface area contributed by atoms with Crippen molar-refractivity contribution in [3.63, 3.8) is 0 Å². The van der Waals surface area contributed by atoms with E-state index in [4.69, 9.17) is 4.74 Å². The number of sulfonamides is 1. The van der Waals surface area contributed by atoms with Gasteiger partial charge in [0.2, 0.25) is 15.9 Å². The fourth-order valence-corrected chi connectivity index (χ4v) is 8.35. The summed E-state index contributed by atoms with van der Waals surface area (Å²) in [6.45, 7) is 0.847. The molecule has 4 atom stereocenters. The summed E-state index contributed by atoms with van der Waals surface area (Å²) in [5.41, 5.74) is 3.83. The molecule has 6 rings (SSSR count). The van der Waals surface area contributed by atoms with E-state index in [1.165, 1.54) is 10.7 Å². The predicted molar refractivity (Wildman–Crippen MR) is 139 cm³/mol. The number of hydrogen-bond acceptors (Lipinski definition) is 6. The van der Waals surface area contributed by atoms with Gasteiger partial charge in [-0.25, -0.2) is 13.4 Å². The van der Waals surface area contributed by atoms with Crippen LogP contribution in [0.3, 0.4) is 0 Å². The molecule has 1 amide bonds. The first-order chi connectivity index (χ1) is 17.4. The summed E-state index contributed by atoms with van der Waals surface area (Å²) in [5, 5.41) is 0. The Balaban J connectivity index is 1.29. The van der Waals surface area contributed by atoms with Crippen LogP contribution in [0.4, 0.5) is 0 Å². The van der Waals surface area contributed by atoms with E-state index >= 15 is 0 Å². The van der Waals surface area contributed by atoms with Crippen LogP contribution >= 0.6 is 11.3 Å². The van der Waals surface area contributed by atoms with Crippen LogP contribution < -0.4 is 4.74 Å². The lowest BCUT2D eigenvalue weighted by Gasteiger charge is -2.37. The van der Waals surface area contributed by atoms with Gasteiger partial charge < -0.3 is 9.64 Å². The number of amides is 1. The number of ether oxygens (including phenoxy) is 1. The Morgan fingerprint density at radius 1 is 1.11 bits per heavy atom. The Hall–Kier alpha value is -2.49. The molecule has 3 aliphatic rings. The molecule has 1 aliphatic heterocycles. The predicted octanol–water partition coefficient (Wildman–Crippen LogP) is 4.68. The van der Waals surface area contributed by atoms with Crippen molar-refractivity contribution in [2.75, 3.05) is 13.7 Å². The summed E-state index contributed by atoms with van der Waals surface area (Å²) in [5.74, 6) is 2.07. The molecule has 2 aromatic carbocycles. The maximum atomic E-state index is 14.2. The number of thiazole rings is 1. The number of methoxy groups -OCH3 is 1. The second-order valence-electron chi connectivity index (χ2n) is 10.3. The molecule has 3 aromatic rings. The third-order valence-electron chi connectivity index (χ3n) is 8.14. The minimum absolute atomic E-state index is 0.0629. The van der Waals surface area contributed by atoms with Gasteiger partial charge in [0.1, 0.15) is 11.8 Å². The first-order valence-corrected chi connectivity index (χ1v) is 15.0. The van der Waals surface area contributed by atoms with E-state index in [2.05, 4.69) is 23.2 Å². The van der Waals surface area contributed by atoms with Crippen LogP contribution in [-0.4, -0.2) is 54.3 Å². The van der Waals surface area contributed by atoms with E-state index in [0.717, 1.165) is 41.0 Å². The van der Waals surface area contributed by atoms with Gasteiger partial charge in [0.05, 0.1) is 27.7 Å². The van der Waals surface area contributed by atoms with E-state index in [1.54, 1.807) is 42.7 Å². The molecule has 0 radical (unpaired) electrons. The molecule has 36 heavy (non-hydrogen) atoms. The zero-order valence-electron chi connectivity index (χ0n) is 20.4. The van der Waals surface area contributed by atoms with E-state index < -0.39 is 16.1 Å². The lowest BCUT2D eigenvalue weighted by molar-refractivity contribution is -0.138. The summed E-state index contributed by atoms with van der Waals surface area (Å²) in [6.07, 6.45) is 5.67. The summed E-state index contributed by atoms with van der Waals surface area (Å²) >= 11 is 1.61. The molecule has 3 fully saturated rings. The zero-order chi connectivity index (χ0) is 24.9. The quantitative estimate of drug-likeness (QED) is 0.448. The zero-order valence-corrected chi connectivity index (χ0v) is 22.0. The van der Waals surface area contributed by atoms with Gasteiger partial charge in [-0.15, -0.1) is 11.3 Å². The van der Waals surface area contributed by atoms with Crippen LogP contribution in [0.15, 0.2) is 52.9 Å². The summed E-state index contributed by atoms with van der Waals surface area (Å²) in [7, 11) is -2.25. The van der Waals surface area contributed by atoms with E-state index in [9.17, 15) is 13.2 Å². The fraction of sp³-hybridized carbons (Fsp3) is 0.481. The Morgan fingerprint density at radius 3 is 2.72 bits per heavy atom. The van der Waals surface area contributed by atoms with Crippen molar-refractivity contribution in [2.24, 2.45) is 11.8 Å². The van der Waals surface area contributed by atoms with Crippen molar-refractivity contribution in [1.82, 2.24) is 14.2 Å². The third kappa shape index (κ3) is 4.41. The monoisotopic (exact) mass is 525 g/mol. The first kappa shape index (κ1) is 23.9. The normalized spacial score (nSPS) is 26.0. The molecule has 0 spiro atoms. The van der Waals surface area contributed by atoms with Gasteiger partial charge in [0.25, 0.3) is 0 Å². The van der Waals surface area contributed by atoms with Gasteiger partial charge in [-0.2, -0.15) is 4.31 Å². The summed E-state index contributed by atoms with van der Waals surface area (Å²) in [6, 6.07) is 12.1. The minimum Gasteiger partial charge on any atom is -0.497 e. The maximum absolute atomic E-state index is 14.2. The Morgan fingerprint density at radius 2 is 1.94 bits per heavy atom. The fourth-order valence-electron chi connectivity index (χ4n) is 6.04. The van der Waals surface area contributed by atoms with E-state index in [-0.39, 0.29) is 16.8 Å². The van der Waals surface area contributed by atoms with Gasteiger partial charge in [-0.3, -0.25) is 4.79 Å². The minimum atomic E-state index is -3.80. The van der Waals surface area contributed by atoms with Gasteiger partial charge in [-0.1, -0.05) is 6.07 Å². The van der Waals surface area contributed by atoms with E-state index in [1.807, 2.05) is 10.4 Å². The number of hydrogen-bond donors (Lipinski definition) is 0. The maximum Gasteiger partial charge on any atom is 0.243 e. The molecule has 0 N–H and O–H groups in total. The number of carbonyl (C=O) groups excluding carboxylic acids is 1. The average molecular weight is 526 g/mol. The van der Waals surface area contributed by atoms with Crippen LogP contribution in [0.1, 0.15) is 44.1 Å². The number of benzene rings is 2. The largest absolute Gasteiger partial charge is 0.497 e. The molecule has 7 nitrogen and oxygen atoms in total. The second-order valence-corrected chi connectivity index (χ2v) is 13.1. The molecule has 2 heterocycles. The SMILES string of the molecule is COc1ccc(S(=O)(=O)N2CCC[C@H]2C(=O)N(Cc2ccc3scnc3c2)C2CCC3CC3C2)cc1. The molecular formula is C27H31N3O4S2. The van der Waals surface area contributed by atoms with Gasteiger partial charge in [-0.05, 0) is 92.3 Å². The summed E-state index contributed by atoms with van der Waals surface area (Å²) < 4.78 is 34.9. The standard InChI is InChI=1S/C27H31N3O4S2/c1-34-22-7-9-23(10-8-22)36(32,33)30-12-2-3-25(30)27(31)29(21-6-5-19-14-20(19)15-21)16-18-4-11-26-24(13-18)28-17-35-26/h4,7-11,13,17,19-21,25H,2-3,5-6,12,14-16H2,1H3/t19?,20?,21?,25-/m0/s1. The smallest absolute Gasteiger partial charge is 0.243 e. The van der Waals surface area contributed by atoms with Crippen LogP contribution in [0.25, 0.3) is 10.2 Å². The van der Waals surface area contributed by atoms with E-state index in [0.29, 0.717) is 37.6 Å². The molecule has 3 unspecified atom stereocenters. The van der Waals surface area contributed by atoms with Crippen LogP contribution in [-0.2, 0) is 21.4 Å². The molecule has 1 aromatic heterocycles. The Bertz CT molecular complexity index is 1370. The van der Waals surface area contributed by atoms with Crippen molar-refractivity contribution in [3.8, 4) is 5.75 Å². The Kier molecular flexibility index (Phi) is 6.25. The number of rotatable bonds is 7. The molecule has 9 heteroatoms. The highest BCUT2D eigenvalue weighted by molar-refractivity contribution is 7.89. The average Bonchev–Trinajstić information content (AvgIpc) is 3.26. The molecule has 0 bridgehead atoms. The van der Waals surface area contributed by atoms with Crippen molar-refractivity contribution < 1.29 is 17.9 Å². The number of aromatic nitrogens is 1. The van der Waals surface area contributed by atoms with Crippen molar-refractivity contribution in [1.29, 1.82) is 0 Å². The van der Waals surface area contributed by atoms with Crippen LogP contribution in [0.2, 0.25) is 0 Å². The highest BCUT2D eigenvalue weighted by atomic mass is 32.2. The molecular weight excluding hydrogens is 494 g/mol. The first-order valence-electron chi connectivity index (χ1n) is 12.7. The van der Waals surface area contributed by atoms with Gasteiger partial charge in [0, 0.05) is 19.1 Å².